The Morgan fingerprint density at radius 3 is 2.67 bits per heavy atom. The fourth-order valence-electron chi connectivity index (χ4n) is 2.35. The summed E-state index contributed by atoms with van der Waals surface area (Å²) in [5.41, 5.74) is 0.431. The molecular formula is C14H17NO4S2. The third-order valence-electron chi connectivity index (χ3n) is 3.28. The monoisotopic (exact) mass is 327 g/mol. The second-order valence-electron chi connectivity index (χ2n) is 5.12. The molecule has 1 aromatic rings. The number of hydrogen-bond donors (Lipinski definition) is 0. The third kappa shape index (κ3) is 3.85. The molecule has 1 aromatic carbocycles. The molecule has 0 radical (unpaired) electrons. The predicted octanol–water partition coefficient (Wildman–Crippen LogP) is 1.72. The van der Waals surface area contributed by atoms with E-state index in [0.29, 0.717) is 24.4 Å². The van der Waals surface area contributed by atoms with Crippen LogP contribution >= 0.6 is 11.8 Å². The average molecular weight is 327 g/mol. The largest absolute Gasteiger partial charge is 0.311 e. The van der Waals surface area contributed by atoms with E-state index in [9.17, 15) is 18.0 Å². The van der Waals surface area contributed by atoms with Crippen LogP contribution in [0.2, 0.25) is 0 Å². The number of sulfone groups is 1. The molecule has 21 heavy (non-hydrogen) atoms. The highest BCUT2D eigenvalue weighted by Gasteiger charge is 2.33. The van der Waals surface area contributed by atoms with Crippen molar-refractivity contribution in [1.29, 1.82) is 0 Å². The predicted molar refractivity (Wildman–Crippen MR) is 83.2 cm³/mol. The molecule has 1 heterocycles. The van der Waals surface area contributed by atoms with Gasteiger partial charge in [0.2, 0.25) is 5.91 Å². The summed E-state index contributed by atoms with van der Waals surface area (Å²) in [6.45, 7) is 1.95. The Labute approximate surface area is 128 Å². The van der Waals surface area contributed by atoms with Crippen LogP contribution in [0.15, 0.2) is 29.2 Å². The first kappa shape index (κ1) is 16.0. The number of carbonyl (C=O) groups excluding carboxylic acids is 2. The van der Waals surface area contributed by atoms with Gasteiger partial charge in [-0.25, -0.2) is 8.42 Å². The molecule has 1 unspecified atom stereocenters. The molecule has 1 saturated heterocycles. The van der Waals surface area contributed by atoms with E-state index in [-0.39, 0.29) is 21.8 Å². The smallest absolute Gasteiger partial charge is 0.227 e. The van der Waals surface area contributed by atoms with Gasteiger partial charge in [-0.15, -0.1) is 0 Å². The molecule has 1 aliphatic heterocycles. The number of amides is 1. The number of anilines is 1. The van der Waals surface area contributed by atoms with Gasteiger partial charge < -0.3 is 4.90 Å². The van der Waals surface area contributed by atoms with E-state index >= 15 is 0 Å². The molecule has 2 rings (SSSR count). The summed E-state index contributed by atoms with van der Waals surface area (Å²) < 4.78 is 23.7. The quantitative estimate of drug-likeness (QED) is 0.842. The summed E-state index contributed by atoms with van der Waals surface area (Å²) in [6, 6.07) is 6.52. The van der Waals surface area contributed by atoms with Gasteiger partial charge in [-0.1, -0.05) is 23.9 Å². The molecule has 5 nitrogen and oxygen atoms in total. The lowest BCUT2D eigenvalue weighted by Gasteiger charge is -2.19. The van der Waals surface area contributed by atoms with Gasteiger partial charge in [-0.05, 0) is 18.1 Å². The lowest BCUT2D eigenvalue weighted by atomic mass is 10.1. The summed E-state index contributed by atoms with van der Waals surface area (Å²) in [4.78, 5) is 24.8. The zero-order valence-electron chi connectivity index (χ0n) is 11.9. The molecule has 1 fully saturated rings. The van der Waals surface area contributed by atoms with Crippen LogP contribution in [0.1, 0.15) is 13.3 Å². The van der Waals surface area contributed by atoms with Crippen LogP contribution in [0.25, 0.3) is 0 Å². The molecule has 0 N–H and O–H groups in total. The highest BCUT2D eigenvalue weighted by atomic mass is 32.2. The van der Waals surface area contributed by atoms with Crippen molar-refractivity contribution in [1.82, 2.24) is 0 Å². The Hall–Kier alpha value is -1.34. The van der Waals surface area contributed by atoms with Gasteiger partial charge in [-0.3, -0.25) is 9.59 Å². The molecule has 1 amide bonds. The maximum absolute atomic E-state index is 12.1. The molecular weight excluding hydrogens is 310 g/mol. The Balaban J connectivity index is 2.24. The number of hydrogen-bond acceptors (Lipinski definition) is 5. The van der Waals surface area contributed by atoms with E-state index in [2.05, 4.69) is 0 Å². The molecule has 0 aromatic heterocycles. The van der Waals surface area contributed by atoms with E-state index in [1.165, 1.54) is 29.7 Å². The minimum atomic E-state index is -3.39. The summed E-state index contributed by atoms with van der Waals surface area (Å²) in [5.74, 6) is 0.554. The highest BCUT2D eigenvalue weighted by molar-refractivity contribution is 8.13. The minimum absolute atomic E-state index is 0.0254. The summed E-state index contributed by atoms with van der Waals surface area (Å²) >= 11 is 1.20. The van der Waals surface area contributed by atoms with Crippen LogP contribution in [0, 0.1) is 5.92 Å². The zero-order valence-corrected chi connectivity index (χ0v) is 13.5. The zero-order chi connectivity index (χ0) is 15.6. The Morgan fingerprint density at radius 2 is 2.05 bits per heavy atom. The van der Waals surface area contributed by atoms with Gasteiger partial charge in [-0.2, -0.15) is 0 Å². The first-order chi connectivity index (χ1) is 9.79. The number of benzene rings is 1. The summed E-state index contributed by atoms with van der Waals surface area (Å²) in [6.07, 6.45) is 1.48. The highest BCUT2D eigenvalue weighted by Crippen LogP contribution is 2.31. The van der Waals surface area contributed by atoms with Crippen molar-refractivity contribution in [3.05, 3.63) is 24.3 Å². The van der Waals surface area contributed by atoms with Crippen LogP contribution in [0.5, 0.6) is 0 Å². The summed E-state index contributed by atoms with van der Waals surface area (Å²) in [7, 11) is -3.39. The van der Waals surface area contributed by atoms with Gasteiger partial charge in [0.15, 0.2) is 15.0 Å². The van der Waals surface area contributed by atoms with Gasteiger partial charge in [0.05, 0.1) is 10.6 Å². The first-order valence-corrected chi connectivity index (χ1v) is 9.39. The minimum Gasteiger partial charge on any atom is -0.311 e. The Kier molecular flexibility index (Phi) is 4.73. The maximum Gasteiger partial charge on any atom is 0.227 e. The third-order valence-corrected chi connectivity index (χ3v) is 5.47. The average Bonchev–Trinajstić information content (AvgIpc) is 2.76. The lowest BCUT2D eigenvalue weighted by Crippen LogP contribution is -2.26. The van der Waals surface area contributed by atoms with Crippen LogP contribution < -0.4 is 4.90 Å². The topological polar surface area (TPSA) is 71.5 Å². The van der Waals surface area contributed by atoms with Gasteiger partial charge in [0, 0.05) is 31.9 Å². The summed E-state index contributed by atoms with van der Waals surface area (Å²) in [5, 5.41) is 0.0254. The molecule has 1 aliphatic rings. The first-order valence-electron chi connectivity index (χ1n) is 6.52. The van der Waals surface area contributed by atoms with Crippen molar-refractivity contribution in [3.63, 3.8) is 0 Å². The number of rotatable bonds is 4. The molecule has 0 spiro atoms. The SMILES string of the molecule is CC(=O)SCC1CC(=O)N(c2ccccc2S(C)(=O)=O)C1. The molecule has 0 saturated carbocycles. The van der Waals surface area contributed by atoms with E-state index in [1.54, 1.807) is 18.2 Å². The normalized spacial score (nSPS) is 19.0. The van der Waals surface area contributed by atoms with Gasteiger partial charge in [0.1, 0.15) is 0 Å². The van der Waals surface area contributed by atoms with Gasteiger partial charge in [0.25, 0.3) is 0 Å². The van der Waals surface area contributed by atoms with Crippen molar-refractivity contribution in [3.8, 4) is 0 Å². The van der Waals surface area contributed by atoms with E-state index < -0.39 is 9.84 Å². The van der Waals surface area contributed by atoms with Crippen LogP contribution in [0.4, 0.5) is 5.69 Å². The second-order valence-corrected chi connectivity index (χ2v) is 8.30. The molecule has 0 aliphatic carbocycles. The number of nitrogens with zero attached hydrogens (tertiary/aromatic N) is 1. The number of para-hydroxylation sites is 1. The van der Waals surface area contributed by atoms with Crippen molar-refractivity contribution >= 4 is 38.3 Å². The van der Waals surface area contributed by atoms with Crippen molar-refractivity contribution in [2.24, 2.45) is 5.92 Å². The molecule has 7 heteroatoms. The van der Waals surface area contributed by atoms with Crippen LogP contribution in [-0.4, -0.2) is 38.0 Å². The fourth-order valence-corrected chi connectivity index (χ4v) is 3.93. The van der Waals surface area contributed by atoms with E-state index in [1.807, 2.05) is 0 Å². The Morgan fingerprint density at radius 1 is 1.38 bits per heavy atom. The van der Waals surface area contributed by atoms with Crippen molar-refractivity contribution in [2.45, 2.75) is 18.2 Å². The molecule has 0 bridgehead atoms. The Bertz CT molecular complexity index is 669. The van der Waals surface area contributed by atoms with Crippen LogP contribution in [-0.2, 0) is 19.4 Å². The number of thioether (sulfide) groups is 1. The van der Waals surface area contributed by atoms with Crippen molar-refractivity contribution in [2.75, 3.05) is 23.5 Å². The van der Waals surface area contributed by atoms with E-state index in [0.717, 1.165) is 6.26 Å². The lowest BCUT2D eigenvalue weighted by molar-refractivity contribution is -0.117. The second kappa shape index (κ2) is 6.19. The van der Waals surface area contributed by atoms with Gasteiger partial charge >= 0.3 is 0 Å². The van der Waals surface area contributed by atoms with E-state index in [4.69, 9.17) is 0 Å². The molecule has 1 atom stereocenters. The standard InChI is InChI=1S/C14H17NO4S2/c1-10(16)20-9-11-7-14(17)15(8-11)12-5-3-4-6-13(12)21(2,18)19/h3-6,11H,7-9H2,1-2H3. The number of carbonyl (C=O) groups is 2. The van der Waals surface area contributed by atoms with Crippen LogP contribution in [0.3, 0.4) is 0 Å². The molecule has 114 valence electrons. The maximum atomic E-state index is 12.1. The fraction of sp³-hybridized carbons (Fsp3) is 0.429. The van der Waals surface area contributed by atoms with Crippen molar-refractivity contribution < 1.29 is 18.0 Å².